The fourth-order valence-corrected chi connectivity index (χ4v) is 4.29. The molecule has 1 amide bonds. The summed E-state index contributed by atoms with van der Waals surface area (Å²) in [5.74, 6) is 0.728. The first-order valence-corrected chi connectivity index (χ1v) is 11.5. The summed E-state index contributed by atoms with van der Waals surface area (Å²) in [5, 5.41) is 13.5. The maximum absolute atomic E-state index is 12.5. The van der Waals surface area contributed by atoms with Gasteiger partial charge in [0.05, 0.1) is 11.4 Å². The van der Waals surface area contributed by atoms with E-state index >= 15 is 0 Å². The third-order valence-corrected chi connectivity index (χ3v) is 6.34. The summed E-state index contributed by atoms with van der Waals surface area (Å²) in [4.78, 5) is 16.5. The number of hydrogen-bond acceptors (Lipinski definition) is 5. The van der Waals surface area contributed by atoms with Crippen molar-refractivity contribution in [2.75, 3.05) is 5.75 Å². The monoisotopic (exact) mass is 483 g/mol. The second-order valence-corrected chi connectivity index (χ2v) is 8.74. The highest BCUT2D eigenvalue weighted by atomic mass is 35.5. The van der Waals surface area contributed by atoms with E-state index in [1.54, 1.807) is 18.5 Å². The Balaban J connectivity index is 1.56. The first kappa shape index (κ1) is 22.3. The largest absolute Gasteiger partial charge is 0.351 e. The summed E-state index contributed by atoms with van der Waals surface area (Å²) in [6.45, 7) is 2.35. The number of nitrogens with one attached hydrogen (secondary N) is 1. The Bertz CT molecular complexity index is 1250. The molecule has 0 saturated carbocycles. The summed E-state index contributed by atoms with van der Waals surface area (Å²) in [5.41, 5.74) is 3.56. The van der Waals surface area contributed by atoms with Gasteiger partial charge in [-0.3, -0.25) is 14.3 Å². The molecule has 9 heteroatoms. The van der Waals surface area contributed by atoms with Crippen molar-refractivity contribution < 1.29 is 4.79 Å². The van der Waals surface area contributed by atoms with Crippen LogP contribution in [0.3, 0.4) is 0 Å². The lowest BCUT2D eigenvalue weighted by molar-refractivity contribution is -0.118. The van der Waals surface area contributed by atoms with E-state index in [0.717, 1.165) is 22.4 Å². The van der Waals surface area contributed by atoms with Crippen LogP contribution in [0.25, 0.3) is 17.1 Å². The molecule has 0 aliphatic carbocycles. The Morgan fingerprint density at radius 2 is 1.84 bits per heavy atom. The fraction of sp³-hybridized carbons (Fsp3) is 0.130. The highest BCUT2D eigenvalue weighted by Crippen LogP contribution is 2.31. The van der Waals surface area contributed by atoms with E-state index in [0.29, 0.717) is 27.6 Å². The Labute approximate surface area is 200 Å². The molecule has 1 N–H and O–H groups in total. The number of carbonyl (C=O) groups excluding carboxylic acids is 1. The predicted octanol–water partition coefficient (Wildman–Crippen LogP) is 5.35. The zero-order chi connectivity index (χ0) is 22.5. The minimum Gasteiger partial charge on any atom is -0.351 e. The van der Waals surface area contributed by atoms with E-state index in [9.17, 15) is 4.79 Å². The molecule has 0 bridgehead atoms. The first-order valence-electron chi connectivity index (χ1n) is 9.78. The van der Waals surface area contributed by atoms with E-state index in [1.807, 2.05) is 60.0 Å². The van der Waals surface area contributed by atoms with Crippen LogP contribution in [0, 0.1) is 6.92 Å². The molecular weight excluding hydrogens is 465 g/mol. The highest BCUT2D eigenvalue weighted by molar-refractivity contribution is 7.99. The van der Waals surface area contributed by atoms with Crippen molar-refractivity contribution in [3.8, 4) is 17.1 Å². The summed E-state index contributed by atoms with van der Waals surface area (Å²) in [6, 6.07) is 16.8. The van der Waals surface area contributed by atoms with Gasteiger partial charge in [0.25, 0.3) is 0 Å². The molecule has 4 rings (SSSR count). The number of hydrogen-bond donors (Lipinski definition) is 1. The summed E-state index contributed by atoms with van der Waals surface area (Å²) in [7, 11) is 0. The van der Waals surface area contributed by atoms with Gasteiger partial charge in [0.1, 0.15) is 0 Å². The van der Waals surface area contributed by atoms with Gasteiger partial charge in [-0.25, -0.2) is 0 Å². The van der Waals surface area contributed by atoms with Crippen molar-refractivity contribution in [2.24, 2.45) is 0 Å². The third kappa shape index (κ3) is 5.12. The molecule has 2 heterocycles. The maximum atomic E-state index is 12.5. The maximum Gasteiger partial charge on any atom is 0.230 e. The van der Waals surface area contributed by atoms with Crippen LogP contribution in [0.15, 0.2) is 72.1 Å². The second-order valence-electron chi connectivity index (χ2n) is 6.96. The third-order valence-electron chi connectivity index (χ3n) is 4.76. The number of carbonyl (C=O) groups is 1. The van der Waals surface area contributed by atoms with Crippen LogP contribution in [-0.4, -0.2) is 31.4 Å². The Kier molecular flexibility index (Phi) is 7.09. The number of halogens is 2. The van der Waals surface area contributed by atoms with Crippen LogP contribution in [0.4, 0.5) is 0 Å². The predicted molar refractivity (Wildman–Crippen MR) is 128 cm³/mol. The van der Waals surface area contributed by atoms with E-state index in [-0.39, 0.29) is 11.7 Å². The van der Waals surface area contributed by atoms with Gasteiger partial charge in [-0.1, -0.05) is 53.2 Å². The minimum absolute atomic E-state index is 0.113. The van der Waals surface area contributed by atoms with Crippen LogP contribution in [0.2, 0.25) is 10.0 Å². The standard InChI is InChI=1S/C23H19Cl2N5OS/c1-15-19(25)6-3-7-20(15)30-22(17-8-10-26-11-9-17)28-29-23(30)32-14-21(31)27-13-16-4-2-5-18(24)12-16/h2-12H,13-14H2,1H3,(H,27,31). The van der Waals surface area contributed by atoms with Crippen LogP contribution in [-0.2, 0) is 11.3 Å². The van der Waals surface area contributed by atoms with Gasteiger partial charge < -0.3 is 5.32 Å². The molecule has 0 radical (unpaired) electrons. The number of benzene rings is 2. The zero-order valence-electron chi connectivity index (χ0n) is 17.1. The van der Waals surface area contributed by atoms with E-state index in [1.165, 1.54) is 11.8 Å². The van der Waals surface area contributed by atoms with Crippen molar-refractivity contribution in [3.63, 3.8) is 0 Å². The van der Waals surface area contributed by atoms with Gasteiger partial charge in [-0.15, -0.1) is 10.2 Å². The smallest absolute Gasteiger partial charge is 0.230 e. The lowest BCUT2D eigenvalue weighted by atomic mass is 10.2. The molecule has 2 aromatic carbocycles. The average molecular weight is 484 g/mol. The minimum atomic E-state index is -0.113. The summed E-state index contributed by atoms with van der Waals surface area (Å²) < 4.78 is 1.92. The van der Waals surface area contributed by atoms with Gasteiger partial charge >= 0.3 is 0 Å². The number of amides is 1. The summed E-state index contributed by atoms with van der Waals surface area (Å²) in [6.07, 6.45) is 3.41. The lowest BCUT2D eigenvalue weighted by Crippen LogP contribution is -2.24. The second kappa shape index (κ2) is 10.2. The number of pyridine rings is 1. The molecule has 0 aliphatic heterocycles. The number of thioether (sulfide) groups is 1. The Morgan fingerprint density at radius 1 is 1.06 bits per heavy atom. The molecule has 4 aromatic rings. The zero-order valence-corrected chi connectivity index (χ0v) is 19.5. The van der Waals surface area contributed by atoms with Crippen molar-refractivity contribution in [1.29, 1.82) is 0 Å². The van der Waals surface area contributed by atoms with Crippen LogP contribution >= 0.6 is 35.0 Å². The van der Waals surface area contributed by atoms with Gasteiger partial charge in [-0.2, -0.15) is 0 Å². The van der Waals surface area contributed by atoms with Gasteiger partial charge in [0.15, 0.2) is 11.0 Å². The number of nitrogens with zero attached hydrogens (tertiary/aromatic N) is 4. The van der Waals surface area contributed by atoms with Crippen LogP contribution < -0.4 is 5.32 Å². The molecule has 0 spiro atoms. The number of rotatable bonds is 7. The van der Waals surface area contributed by atoms with Crippen molar-refractivity contribution in [3.05, 3.63) is 88.2 Å². The number of aromatic nitrogens is 4. The molecule has 2 aromatic heterocycles. The summed E-state index contributed by atoms with van der Waals surface area (Å²) >= 11 is 13.7. The van der Waals surface area contributed by atoms with Crippen LogP contribution in [0.1, 0.15) is 11.1 Å². The van der Waals surface area contributed by atoms with E-state index in [4.69, 9.17) is 23.2 Å². The van der Waals surface area contributed by atoms with Gasteiger partial charge in [0, 0.05) is 34.5 Å². The molecule has 0 unspecified atom stereocenters. The van der Waals surface area contributed by atoms with Crippen molar-refractivity contribution >= 4 is 40.9 Å². The Hall–Kier alpha value is -2.87. The van der Waals surface area contributed by atoms with Gasteiger partial charge in [-0.05, 0) is 54.4 Å². The van der Waals surface area contributed by atoms with E-state index < -0.39 is 0 Å². The molecule has 32 heavy (non-hydrogen) atoms. The molecule has 162 valence electrons. The van der Waals surface area contributed by atoms with Gasteiger partial charge in [0.2, 0.25) is 5.91 Å². The van der Waals surface area contributed by atoms with E-state index in [2.05, 4.69) is 20.5 Å². The fourth-order valence-electron chi connectivity index (χ4n) is 3.14. The molecule has 0 aliphatic rings. The molecule has 6 nitrogen and oxygen atoms in total. The molecular formula is C23H19Cl2N5OS. The quantitative estimate of drug-likeness (QED) is 0.358. The topological polar surface area (TPSA) is 72.7 Å². The highest BCUT2D eigenvalue weighted by Gasteiger charge is 2.19. The van der Waals surface area contributed by atoms with Crippen molar-refractivity contribution in [2.45, 2.75) is 18.6 Å². The normalized spacial score (nSPS) is 10.8. The van der Waals surface area contributed by atoms with Crippen LogP contribution in [0.5, 0.6) is 0 Å². The Morgan fingerprint density at radius 3 is 2.62 bits per heavy atom. The SMILES string of the molecule is Cc1c(Cl)cccc1-n1c(SCC(=O)NCc2cccc(Cl)c2)nnc1-c1ccncc1. The first-order chi connectivity index (χ1) is 15.5. The lowest BCUT2D eigenvalue weighted by Gasteiger charge is -2.14. The molecule has 0 fully saturated rings. The molecule has 0 atom stereocenters. The van der Waals surface area contributed by atoms with Crippen molar-refractivity contribution in [1.82, 2.24) is 25.1 Å². The molecule has 0 saturated heterocycles. The average Bonchev–Trinajstić information content (AvgIpc) is 3.22.